The molecule has 1 unspecified atom stereocenters. The highest BCUT2D eigenvalue weighted by atomic mass is 16.5. The molecule has 0 radical (unpaired) electrons. The van der Waals surface area contributed by atoms with E-state index in [1.165, 1.54) is 25.7 Å². The zero-order valence-electron chi connectivity index (χ0n) is 16.9. The minimum Gasteiger partial charge on any atom is -0.493 e. The van der Waals surface area contributed by atoms with Crippen LogP contribution in [0.3, 0.4) is 0 Å². The number of hydrogen-bond donors (Lipinski definition) is 2. The Bertz CT molecular complexity index is 999. The van der Waals surface area contributed by atoms with Gasteiger partial charge < -0.3 is 15.4 Å². The fraction of sp³-hybridized carbons (Fsp3) is 0.320. The van der Waals surface area contributed by atoms with Crippen molar-refractivity contribution in [2.45, 2.75) is 45.2 Å². The van der Waals surface area contributed by atoms with Crippen LogP contribution in [0.2, 0.25) is 0 Å². The molecule has 0 saturated carbocycles. The molecule has 4 heteroatoms. The predicted octanol–water partition coefficient (Wildman–Crippen LogP) is 6.04. The quantitative estimate of drug-likeness (QED) is 0.462. The predicted molar refractivity (Wildman–Crippen MR) is 118 cm³/mol. The van der Waals surface area contributed by atoms with Gasteiger partial charge in [0, 0.05) is 11.3 Å². The lowest BCUT2D eigenvalue weighted by Crippen LogP contribution is -2.38. The number of unbranched alkanes of at least 4 members (excludes halogenated alkanes) is 4. The Labute approximate surface area is 172 Å². The smallest absolute Gasteiger partial charge is 0.255 e. The molecule has 150 valence electrons. The van der Waals surface area contributed by atoms with E-state index in [1.807, 2.05) is 42.5 Å². The number of fused-ring (bicyclic) bond motifs is 2. The Balaban J connectivity index is 1.62. The Morgan fingerprint density at radius 1 is 0.862 bits per heavy atom. The zero-order chi connectivity index (χ0) is 20.1. The van der Waals surface area contributed by atoms with Crippen molar-refractivity contribution in [3.8, 4) is 5.75 Å². The summed E-state index contributed by atoms with van der Waals surface area (Å²) in [4.78, 5) is 12.7. The van der Waals surface area contributed by atoms with Gasteiger partial charge in [-0.25, -0.2) is 0 Å². The largest absolute Gasteiger partial charge is 0.493 e. The van der Waals surface area contributed by atoms with Crippen LogP contribution in [0.1, 0.15) is 61.1 Å². The monoisotopic (exact) mass is 388 g/mol. The van der Waals surface area contributed by atoms with E-state index in [0.29, 0.717) is 12.2 Å². The molecule has 0 aromatic heterocycles. The third kappa shape index (κ3) is 4.21. The maximum absolute atomic E-state index is 12.7. The molecule has 1 atom stereocenters. The van der Waals surface area contributed by atoms with Crippen LogP contribution in [-0.2, 0) is 0 Å². The molecule has 1 aliphatic rings. The highest BCUT2D eigenvalue weighted by molar-refractivity contribution is 6.02. The van der Waals surface area contributed by atoms with Gasteiger partial charge in [-0.1, -0.05) is 75.1 Å². The van der Waals surface area contributed by atoms with Crippen molar-refractivity contribution in [2.24, 2.45) is 0 Å². The molecule has 0 spiro atoms. The fourth-order valence-electron chi connectivity index (χ4n) is 3.94. The van der Waals surface area contributed by atoms with Gasteiger partial charge in [0.25, 0.3) is 5.91 Å². The van der Waals surface area contributed by atoms with Gasteiger partial charge in [-0.2, -0.15) is 0 Å². The van der Waals surface area contributed by atoms with Crippen LogP contribution in [0.15, 0.2) is 60.7 Å². The number of ether oxygens (including phenoxy) is 1. The second-order valence-electron chi connectivity index (χ2n) is 7.56. The van der Waals surface area contributed by atoms with Crippen LogP contribution in [0.5, 0.6) is 5.75 Å². The molecule has 3 aromatic rings. The van der Waals surface area contributed by atoms with E-state index < -0.39 is 0 Å². The first-order valence-electron chi connectivity index (χ1n) is 10.6. The van der Waals surface area contributed by atoms with Gasteiger partial charge in [0.05, 0.1) is 12.2 Å². The SMILES string of the molecule is CCCCCCCOc1ccc2ccccc2c1C1NC(=O)c2ccccc2N1. The summed E-state index contributed by atoms with van der Waals surface area (Å²) in [6.45, 7) is 2.91. The number of benzene rings is 3. The molecule has 1 amide bonds. The normalized spacial score (nSPS) is 15.5. The Kier molecular flexibility index (Phi) is 5.99. The lowest BCUT2D eigenvalue weighted by molar-refractivity contribution is 0.0935. The second-order valence-corrected chi connectivity index (χ2v) is 7.56. The molecule has 0 aliphatic carbocycles. The van der Waals surface area contributed by atoms with Crippen LogP contribution >= 0.6 is 0 Å². The van der Waals surface area contributed by atoms with E-state index in [-0.39, 0.29) is 12.1 Å². The first kappa shape index (κ1) is 19.3. The Morgan fingerprint density at radius 2 is 1.66 bits per heavy atom. The van der Waals surface area contributed by atoms with Gasteiger partial charge in [-0.3, -0.25) is 4.79 Å². The summed E-state index contributed by atoms with van der Waals surface area (Å²) in [7, 11) is 0. The zero-order valence-corrected chi connectivity index (χ0v) is 16.9. The molecule has 0 saturated heterocycles. The summed E-state index contributed by atoms with van der Waals surface area (Å²) in [5.74, 6) is 0.763. The number of nitrogens with one attached hydrogen (secondary N) is 2. The first-order valence-corrected chi connectivity index (χ1v) is 10.6. The summed E-state index contributed by atoms with van der Waals surface area (Å²) >= 11 is 0. The molecule has 4 rings (SSSR count). The average Bonchev–Trinajstić information content (AvgIpc) is 2.76. The number of carbonyl (C=O) groups is 1. The van der Waals surface area contributed by atoms with E-state index in [9.17, 15) is 4.79 Å². The summed E-state index contributed by atoms with van der Waals surface area (Å²) < 4.78 is 6.21. The number of anilines is 1. The van der Waals surface area contributed by atoms with Crippen molar-refractivity contribution >= 4 is 22.4 Å². The lowest BCUT2D eigenvalue weighted by Gasteiger charge is -2.30. The molecule has 0 bridgehead atoms. The molecule has 1 heterocycles. The van der Waals surface area contributed by atoms with Crippen molar-refractivity contribution < 1.29 is 9.53 Å². The standard InChI is InChI=1S/C25H28N2O2/c1-2-3-4-5-10-17-29-22-16-15-18-11-6-7-12-19(18)23(22)24-26-21-14-9-8-13-20(21)25(28)27-24/h6-9,11-16,24,26H,2-5,10,17H2,1H3,(H,27,28). The summed E-state index contributed by atoms with van der Waals surface area (Å²) in [6, 6.07) is 20.0. The van der Waals surface area contributed by atoms with E-state index in [1.54, 1.807) is 0 Å². The molecule has 29 heavy (non-hydrogen) atoms. The molecule has 0 fully saturated rings. The number of amides is 1. The number of rotatable bonds is 8. The van der Waals surface area contributed by atoms with Crippen LogP contribution in [-0.4, -0.2) is 12.5 Å². The first-order chi connectivity index (χ1) is 14.3. The Hall–Kier alpha value is -3.01. The van der Waals surface area contributed by atoms with Crippen LogP contribution in [0, 0.1) is 0 Å². The van der Waals surface area contributed by atoms with Crippen LogP contribution in [0.4, 0.5) is 5.69 Å². The lowest BCUT2D eigenvalue weighted by atomic mass is 9.98. The van der Waals surface area contributed by atoms with Gasteiger partial charge in [-0.05, 0) is 35.4 Å². The third-order valence-electron chi connectivity index (χ3n) is 5.47. The van der Waals surface area contributed by atoms with Gasteiger partial charge >= 0.3 is 0 Å². The molecule has 4 nitrogen and oxygen atoms in total. The number of para-hydroxylation sites is 1. The molecule has 2 N–H and O–H groups in total. The molecule has 3 aromatic carbocycles. The highest BCUT2D eigenvalue weighted by Crippen LogP contribution is 2.36. The van der Waals surface area contributed by atoms with E-state index in [4.69, 9.17) is 4.74 Å². The van der Waals surface area contributed by atoms with E-state index in [0.717, 1.165) is 34.2 Å². The van der Waals surface area contributed by atoms with Gasteiger partial charge in [0.2, 0.25) is 0 Å². The van der Waals surface area contributed by atoms with Crippen molar-refractivity contribution in [3.63, 3.8) is 0 Å². The molecular weight excluding hydrogens is 360 g/mol. The van der Waals surface area contributed by atoms with Crippen LogP contribution < -0.4 is 15.4 Å². The van der Waals surface area contributed by atoms with Crippen LogP contribution in [0.25, 0.3) is 10.8 Å². The van der Waals surface area contributed by atoms with Crippen molar-refractivity contribution in [1.29, 1.82) is 0 Å². The van der Waals surface area contributed by atoms with E-state index >= 15 is 0 Å². The number of hydrogen-bond acceptors (Lipinski definition) is 3. The van der Waals surface area contributed by atoms with Crippen molar-refractivity contribution in [3.05, 3.63) is 71.8 Å². The maximum Gasteiger partial charge on any atom is 0.255 e. The van der Waals surface area contributed by atoms with Gasteiger partial charge in [0.15, 0.2) is 0 Å². The number of carbonyl (C=O) groups excluding carboxylic acids is 1. The average molecular weight is 389 g/mol. The molecular formula is C25H28N2O2. The Morgan fingerprint density at radius 3 is 2.55 bits per heavy atom. The topological polar surface area (TPSA) is 50.4 Å². The highest BCUT2D eigenvalue weighted by Gasteiger charge is 2.27. The second kappa shape index (κ2) is 8.99. The van der Waals surface area contributed by atoms with Crippen molar-refractivity contribution in [1.82, 2.24) is 5.32 Å². The summed E-state index contributed by atoms with van der Waals surface area (Å²) in [5, 5.41) is 8.82. The third-order valence-corrected chi connectivity index (χ3v) is 5.47. The van der Waals surface area contributed by atoms with Gasteiger partial charge in [0.1, 0.15) is 11.9 Å². The summed E-state index contributed by atoms with van der Waals surface area (Å²) in [5.41, 5.74) is 2.50. The molecule has 1 aliphatic heterocycles. The minimum atomic E-state index is -0.335. The summed E-state index contributed by atoms with van der Waals surface area (Å²) in [6.07, 6.45) is 5.66. The fourth-order valence-corrected chi connectivity index (χ4v) is 3.94. The van der Waals surface area contributed by atoms with E-state index in [2.05, 4.69) is 35.8 Å². The van der Waals surface area contributed by atoms with Crippen molar-refractivity contribution in [2.75, 3.05) is 11.9 Å². The minimum absolute atomic E-state index is 0.0669. The maximum atomic E-state index is 12.7. The van der Waals surface area contributed by atoms with Gasteiger partial charge in [-0.15, -0.1) is 0 Å².